The van der Waals surface area contributed by atoms with E-state index in [1.165, 1.54) is 0 Å². The molecule has 0 heterocycles. The lowest BCUT2D eigenvalue weighted by Gasteiger charge is -2.03. The van der Waals surface area contributed by atoms with Crippen LogP contribution in [-0.4, -0.2) is 5.71 Å². The number of benzene rings is 1. The van der Waals surface area contributed by atoms with Crippen molar-refractivity contribution in [2.45, 2.75) is 6.92 Å². The van der Waals surface area contributed by atoms with Gasteiger partial charge in [0.1, 0.15) is 0 Å². The topological polar surface area (TPSA) is 49.9 Å². The van der Waals surface area contributed by atoms with Crippen molar-refractivity contribution in [2.75, 3.05) is 5.73 Å². The zero-order valence-corrected chi connectivity index (χ0v) is 6.94. The fourth-order valence-corrected chi connectivity index (χ4v) is 1.04. The molecule has 0 saturated heterocycles. The first kappa shape index (κ1) is 8.08. The van der Waals surface area contributed by atoms with E-state index in [-0.39, 0.29) is 0 Å². The lowest BCUT2D eigenvalue weighted by Crippen LogP contribution is -1.99. The second-order valence-corrected chi connectivity index (χ2v) is 2.73. The molecule has 0 atom stereocenters. The Labute approximate surface area is 70.5 Å². The molecule has 11 heavy (non-hydrogen) atoms. The van der Waals surface area contributed by atoms with Crippen LogP contribution in [-0.2, 0) is 0 Å². The van der Waals surface area contributed by atoms with Gasteiger partial charge in [0.15, 0.2) is 0 Å². The lowest BCUT2D eigenvalue weighted by atomic mass is 10.1. The highest BCUT2D eigenvalue weighted by Crippen LogP contribution is 2.22. The molecule has 0 fully saturated rings. The summed E-state index contributed by atoms with van der Waals surface area (Å²) in [7, 11) is 0. The highest BCUT2D eigenvalue weighted by Gasteiger charge is 2.02. The molecule has 0 radical (unpaired) electrons. The Bertz CT molecular complexity index is 294. The molecule has 1 aromatic carbocycles. The van der Waals surface area contributed by atoms with E-state index in [0.717, 1.165) is 0 Å². The van der Waals surface area contributed by atoms with Crippen LogP contribution >= 0.6 is 11.6 Å². The molecule has 0 aliphatic carbocycles. The highest BCUT2D eigenvalue weighted by molar-refractivity contribution is 6.34. The maximum absolute atomic E-state index is 7.33. The Hall–Kier alpha value is -1.02. The molecule has 58 valence electrons. The highest BCUT2D eigenvalue weighted by atomic mass is 35.5. The molecule has 2 nitrogen and oxygen atoms in total. The van der Waals surface area contributed by atoms with Gasteiger partial charge in [-0.1, -0.05) is 23.7 Å². The molecule has 1 rings (SSSR count). The molecule has 0 amide bonds. The summed E-state index contributed by atoms with van der Waals surface area (Å²) in [6, 6.07) is 5.28. The zero-order chi connectivity index (χ0) is 8.43. The molecular formula is C8H9ClN2. The number of para-hydroxylation sites is 1. The first-order chi connectivity index (χ1) is 5.13. The van der Waals surface area contributed by atoms with Gasteiger partial charge in [-0.2, -0.15) is 0 Å². The summed E-state index contributed by atoms with van der Waals surface area (Å²) in [5, 5.41) is 7.84. The predicted octanol–water partition coefficient (Wildman–Crippen LogP) is 2.31. The Balaban J connectivity index is 3.27. The van der Waals surface area contributed by atoms with E-state index in [0.29, 0.717) is 22.0 Å². The van der Waals surface area contributed by atoms with Gasteiger partial charge in [-0.05, 0) is 13.0 Å². The standard InChI is InChI=1S/C8H9ClN2/c1-5(10)6-3-2-4-7(9)8(6)11/h2-4,10H,11H2,1H3. The van der Waals surface area contributed by atoms with Crippen LogP contribution < -0.4 is 5.73 Å². The smallest absolute Gasteiger partial charge is 0.0642 e. The van der Waals surface area contributed by atoms with Crippen LogP contribution in [0, 0.1) is 5.41 Å². The number of nitrogens with one attached hydrogen (secondary N) is 1. The summed E-state index contributed by atoms with van der Waals surface area (Å²) in [6.07, 6.45) is 0. The van der Waals surface area contributed by atoms with Gasteiger partial charge in [0.05, 0.1) is 10.7 Å². The van der Waals surface area contributed by atoms with Gasteiger partial charge in [0.25, 0.3) is 0 Å². The van der Waals surface area contributed by atoms with Gasteiger partial charge in [-0.25, -0.2) is 0 Å². The van der Waals surface area contributed by atoms with Crippen molar-refractivity contribution in [3.63, 3.8) is 0 Å². The SMILES string of the molecule is CC(=N)c1cccc(Cl)c1N. The van der Waals surface area contributed by atoms with E-state index in [9.17, 15) is 0 Å². The van der Waals surface area contributed by atoms with E-state index in [2.05, 4.69) is 0 Å². The van der Waals surface area contributed by atoms with Crippen molar-refractivity contribution < 1.29 is 0 Å². The minimum atomic E-state index is 0.435. The number of nitrogen functional groups attached to an aromatic ring is 1. The second-order valence-electron chi connectivity index (χ2n) is 2.33. The summed E-state index contributed by atoms with van der Waals surface area (Å²) < 4.78 is 0. The molecule has 0 aliphatic rings. The van der Waals surface area contributed by atoms with E-state index in [1.807, 2.05) is 0 Å². The third-order valence-corrected chi connectivity index (χ3v) is 1.79. The van der Waals surface area contributed by atoms with Gasteiger partial charge in [-0.3, -0.25) is 0 Å². The van der Waals surface area contributed by atoms with Crippen LogP contribution in [0.1, 0.15) is 12.5 Å². The first-order valence-corrected chi connectivity index (χ1v) is 3.60. The van der Waals surface area contributed by atoms with E-state index in [4.69, 9.17) is 22.7 Å². The molecule has 3 heteroatoms. The summed E-state index contributed by atoms with van der Waals surface area (Å²) in [4.78, 5) is 0. The van der Waals surface area contributed by atoms with Crippen LogP contribution in [0.25, 0.3) is 0 Å². The normalized spacial score (nSPS) is 9.64. The molecule has 0 saturated carbocycles. The minimum Gasteiger partial charge on any atom is -0.397 e. The largest absolute Gasteiger partial charge is 0.397 e. The minimum absolute atomic E-state index is 0.435. The summed E-state index contributed by atoms with van der Waals surface area (Å²) >= 11 is 5.74. The van der Waals surface area contributed by atoms with Crippen molar-refractivity contribution >= 4 is 23.0 Å². The molecule has 0 unspecified atom stereocenters. The van der Waals surface area contributed by atoms with Crippen LogP contribution in [0.3, 0.4) is 0 Å². The van der Waals surface area contributed by atoms with Gasteiger partial charge in [0, 0.05) is 11.3 Å². The quantitative estimate of drug-likeness (QED) is 0.491. The van der Waals surface area contributed by atoms with E-state index in [1.54, 1.807) is 25.1 Å². The summed E-state index contributed by atoms with van der Waals surface area (Å²) in [5.41, 5.74) is 7.24. The maximum Gasteiger partial charge on any atom is 0.0642 e. The number of hydrogen-bond donors (Lipinski definition) is 2. The number of anilines is 1. The number of rotatable bonds is 1. The van der Waals surface area contributed by atoms with Crippen LogP contribution in [0.2, 0.25) is 5.02 Å². The van der Waals surface area contributed by atoms with Gasteiger partial charge in [-0.15, -0.1) is 0 Å². The molecular weight excluding hydrogens is 160 g/mol. The Morgan fingerprint density at radius 3 is 2.64 bits per heavy atom. The first-order valence-electron chi connectivity index (χ1n) is 3.22. The average molecular weight is 169 g/mol. The Kier molecular flexibility index (Phi) is 2.15. The molecule has 1 aromatic rings. The zero-order valence-electron chi connectivity index (χ0n) is 6.19. The second kappa shape index (κ2) is 2.93. The van der Waals surface area contributed by atoms with Crippen molar-refractivity contribution in [3.8, 4) is 0 Å². The van der Waals surface area contributed by atoms with Gasteiger partial charge >= 0.3 is 0 Å². The molecule has 0 aliphatic heterocycles. The number of hydrogen-bond acceptors (Lipinski definition) is 2. The maximum atomic E-state index is 7.33. The fraction of sp³-hybridized carbons (Fsp3) is 0.125. The number of halogens is 1. The Morgan fingerprint density at radius 1 is 1.55 bits per heavy atom. The monoisotopic (exact) mass is 168 g/mol. The number of nitrogens with two attached hydrogens (primary N) is 1. The van der Waals surface area contributed by atoms with Crippen LogP contribution in [0.4, 0.5) is 5.69 Å². The molecule has 0 bridgehead atoms. The summed E-state index contributed by atoms with van der Waals surface area (Å²) in [6.45, 7) is 1.68. The van der Waals surface area contributed by atoms with E-state index >= 15 is 0 Å². The van der Waals surface area contributed by atoms with Crippen molar-refractivity contribution in [1.29, 1.82) is 5.41 Å². The lowest BCUT2D eigenvalue weighted by molar-refractivity contribution is 1.45. The van der Waals surface area contributed by atoms with E-state index < -0.39 is 0 Å². The molecule has 3 N–H and O–H groups in total. The third kappa shape index (κ3) is 1.52. The van der Waals surface area contributed by atoms with Crippen LogP contribution in [0.5, 0.6) is 0 Å². The third-order valence-electron chi connectivity index (χ3n) is 1.46. The van der Waals surface area contributed by atoms with Gasteiger partial charge < -0.3 is 11.1 Å². The van der Waals surface area contributed by atoms with Crippen LogP contribution in [0.15, 0.2) is 18.2 Å². The van der Waals surface area contributed by atoms with Crippen molar-refractivity contribution in [1.82, 2.24) is 0 Å². The molecule has 0 aromatic heterocycles. The van der Waals surface area contributed by atoms with Crippen molar-refractivity contribution in [3.05, 3.63) is 28.8 Å². The van der Waals surface area contributed by atoms with Gasteiger partial charge in [0.2, 0.25) is 0 Å². The fourth-order valence-electron chi connectivity index (χ4n) is 0.864. The summed E-state index contributed by atoms with van der Waals surface area (Å²) in [5.74, 6) is 0. The molecule has 0 spiro atoms. The predicted molar refractivity (Wildman–Crippen MR) is 48.4 cm³/mol. The van der Waals surface area contributed by atoms with Crippen molar-refractivity contribution in [2.24, 2.45) is 0 Å². The Morgan fingerprint density at radius 2 is 2.18 bits per heavy atom. The average Bonchev–Trinajstić information content (AvgIpc) is 1.94.